The van der Waals surface area contributed by atoms with Crippen molar-refractivity contribution >= 4 is 5.91 Å². The Bertz CT molecular complexity index is 415. The summed E-state index contributed by atoms with van der Waals surface area (Å²) in [5.41, 5.74) is 0. The summed E-state index contributed by atoms with van der Waals surface area (Å²) in [4.78, 5) is 15.4. The van der Waals surface area contributed by atoms with Crippen LogP contribution in [0.3, 0.4) is 0 Å². The third kappa shape index (κ3) is 2.20. The van der Waals surface area contributed by atoms with Gasteiger partial charge in [0, 0.05) is 0 Å². The number of hydrogen-bond acceptors (Lipinski definition) is 5. The van der Waals surface area contributed by atoms with Gasteiger partial charge in [-0.15, -0.1) is 6.42 Å². The summed E-state index contributed by atoms with van der Waals surface area (Å²) in [7, 11) is 0. The van der Waals surface area contributed by atoms with Crippen molar-refractivity contribution in [3.8, 4) is 12.3 Å². The molecule has 1 unspecified atom stereocenters. The highest BCUT2D eigenvalue weighted by molar-refractivity contribution is 5.90. The fraction of sp³-hybridized carbons (Fsp3) is 0.500. The number of terminal acetylenes is 1. The van der Waals surface area contributed by atoms with Crippen LogP contribution >= 0.6 is 0 Å². The van der Waals surface area contributed by atoms with Gasteiger partial charge in [-0.25, -0.2) is 0 Å². The number of rotatable bonds is 3. The van der Waals surface area contributed by atoms with Crippen molar-refractivity contribution in [3.63, 3.8) is 0 Å². The quantitative estimate of drug-likeness (QED) is 0.693. The van der Waals surface area contributed by atoms with Crippen molar-refractivity contribution in [1.29, 1.82) is 0 Å². The Hall–Kier alpha value is -1.87. The molecule has 0 saturated carbocycles. The predicted molar refractivity (Wildman–Crippen MR) is 55.4 cm³/mol. The second-order valence-electron chi connectivity index (χ2n) is 3.49. The number of nitrogens with zero attached hydrogens (tertiary/aromatic N) is 2. The second kappa shape index (κ2) is 4.77. The molecule has 0 radical (unpaired) electrons. The van der Waals surface area contributed by atoms with Gasteiger partial charge >= 0.3 is 0 Å². The summed E-state index contributed by atoms with van der Waals surface area (Å²) in [6, 6.07) is 0.0710. The molecule has 16 heavy (non-hydrogen) atoms. The average Bonchev–Trinajstić information content (AvgIpc) is 2.94. The van der Waals surface area contributed by atoms with Crippen molar-refractivity contribution in [2.75, 3.05) is 13.1 Å². The molecule has 2 N–H and O–H groups in total. The van der Waals surface area contributed by atoms with Crippen LogP contribution in [0, 0.1) is 12.3 Å². The molecule has 6 nitrogen and oxygen atoms in total. The molecular weight excluding hydrogens is 208 g/mol. The van der Waals surface area contributed by atoms with Crippen molar-refractivity contribution in [1.82, 2.24) is 20.8 Å². The Kier molecular flexibility index (Phi) is 3.17. The van der Waals surface area contributed by atoms with E-state index in [1.807, 2.05) is 0 Å². The molecule has 0 bridgehead atoms. The summed E-state index contributed by atoms with van der Waals surface area (Å²) in [5.74, 6) is 2.38. The minimum atomic E-state index is -0.411. The minimum Gasteiger partial charge on any atom is -0.338 e. The lowest BCUT2D eigenvalue weighted by molar-refractivity contribution is 0.0945. The molecule has 1 aliphatic heterocycles. The number of nitrogens with one attached hydrogen (secondary N) is 2. The molecule has 1 aliphatic rings. The first kappa shape index (κ1) is 10.6. The number of hydrogen-bond donors (Lipinski definition) is 2. The Morgan fingerprint density at radius 3 is 3.31 bits per heavy atom. The molecule has 0 aromatic carbocycles. The molecule has 1 aromatic rings. The predicted octanol–water partition coefficient (Wildman–Crippen LogP) is -0.143. The standard InChI is InChI=1S/C10H12N4O2/c1-2-5-12-9(15)8-13-10(16-14-8)7-4-3-6-11-7/h1,7,11H,3-6H2,(H,12,15). The normalized spacial score (nSPS) is 19.3. The molecule has 1 fully saturated rings. The van der Waals surface area contributed by atoms with Gasteiger partial charge in [0.2, 0.25) is 5.89 Å². The lowest BCUT2D eigenvalue weighted by atomic mass is 10.2. The lowest BCUT2D eigenvalue weighted by Gasteiger charge is -2.01. The zero-order valence-electron chi connectivity index (χ0n) is 8.69. The summed E-state index contributed by atoms with van der Waals surface area (Å²) >= 11 is 0. The highest BCUT2D eigenvalue weighted by Crippen LogP contribution is 2.20. The molecular formula is C10H12N4O2. The first-order chi connectivity index (χ1) is 7.81. The molecule has 1 aromatic heterocycles. The second-order valence-corrected chi connectivity index (χ2v) is 3.49. The van der Waals surface area contributed by atoms with Crippen LogP contribution in [0.5, 0.6) is 0 Å². The summed E-state index contributed by atoms with van der Waals surface area (Å²) in [5, 5.41) is 9.29. The van der Waals surface area contributed by atoms with E-state index in [9.17, 15) is 4.79 Å². The van der Waals surface area contributed by atoms with Gasteiger partial charge in [-0.1, -0.05) is 11.1 Å². The molecule has 2 rings (SSSR count). The largest absolute Gasteiger partial charge is 0.338 e. The van der Waals surface area contributed by atoms with Gasteiger partial charge in [0.05, 0.1) is 12.6 Å². The maximum absolute atomic E-state index is 11.4. The maximum Gasteiger partial charge on any atom is 0.293 e. The average molecular weight is 220 g/mol. The molecule has 1 amide bonds. The minimum absolute atomic E-state index is 0.0268. The maximum atomic E-state index is 11.4. The van der Waals surface area contributed by atoms with E-state index in [4.69, 9.17) is 10.9 Å². The fourth-order valence-electron chi connectivity index (χ4n) is 1.57. The van der Waals surface area contributed by atoms with E-state index in [0.717, 1.165) is 19.4 Å². The monoisotopic (exact) mass is 220 g/mol. The van der Waals surface area contributed by atoms with Crippen molar-refractivity contribution in [2.45, 2.75) is 18.9 Å². The number of carbonyl (C=O) groups excluding carboxylic acids is 1. The van der Waals surface area contributed by atoms with E-state index in [1.54, 1.807) is 0 Å². The number of carbonyl (C=O) groups is 1. The van der Waals surface area contributed by atoms with Gasteiger partial charge in [-0.3, -0.25) is 4.79 Å². The molecule has 0 spiro atoms. The van der Waals surface area contributed by atoms with Crippen molar-refractivity contribution < 1.29 is 9.32 Å². The zero-order chi connectivity index (χ0) is 11.4. The number of amides is 1. The van der Waals surface area contributed by atoms with E-state index >= 15 is 0 Å². The third-order valence-corrected chi connectivity index (χ3v) is 2.35. The smallest absolute Gasteiger partial charge is 0.293 e. The van der Waals surface area contributed by atoms with Crippen molar-refractivity contribution in [2.24, 2.45) is 0 Å². The van der Waals surface area contributed by atoms with Crippen LogP contribution in [0.4, 0.5) is 0 Å². The van der Waals surface area contributed by atoms with Crippen LogP contribution in [0.1, 0.15) is 35.4 Å². The zero-order valence-corrected chi connectivity index (χ0v) is 8.69. The topological polar surface area (TPSA) is 80.0 Å². The highest BCUT2D eigenvalue weighted by atomic mass is 16.5. The fourth-order valence-corrected chi connectivity index (χ4v) is 1.57. The molecule has 0 aliphatic carbocycles. The molecule has 1 saturated heterocycles. The van der Waals surface area contributed by atoms with E-state index < -0.39 is 5.91 Å². The van der Waals surface area contributed by atoms with Crippen molar-refractivity contribution in [3.05, 3.63) is 11.7 Å². The third-order valence-electron chi connectivity index (χ3n) is 2.35. The SMILES string of the molecule is C#CCNC(=O)c1noc(C2CCCN2)n1. The van der Waals surface area contributed by atoms with Crippen LogP contribution < -0.4 is 10.6 Å². The first-order valence-electron chi connectivity index (χ1n) is 5.10. The first-order valence-corrected chi connectivity index (χ1v) is 5.10. The van der Waals surface area contributed by atoms with Crippen LogP contribution in [0.25, 0.3) is 0 Å². The van der Waals surface area contributed by atoms with Gasteiger partial charge in [0.15, 0.2) is 0 Å². The van der Waals surface area contributed by atoms with Crippen LogP contribution in [-0.4, -0.2) is 29.1 Å². The van der Waals surface area contributed by atoms with Gasteiger partial charge in [0.25, 0.3) is 11.7 Å². The van der Waals surface area contributed by atoms with Crippen LogP contribution in [-0.2, 0) is 0 Å². The summed E-state index contributed by atoms with van der Waals surface area (Å²) < 4.78 is 5.01. The molecule has 84 valence electrons. The van der Waals surface area contributed by atoms with Crippen LogP contribution in [0.2, 0.25) is 0 Å². The Balaban J connectivity index is 2.01. The Labute approximate surface area is 92.8 Å². The van der Waals surface area contributed by atoms with E-state index in [0.29, 0.717) is 5.89 Å². The molecule has 6 heteroatoms. The van der Waals surface area contributed by atoms with E-state index in [1.165, 1.54) is 0 Å². The van der Waals surface area contributed by atoms with E-state index in [-0.39, 0.29) is 18.4 Å². The van der Waals surface area contributed by atoms with Gasteiger partial charge < -0.3 is 15.2 Å². The van der Waals surface area contributed by atoms with Gasteiger partial charge in [-0.05, 0) is 19.4 Å². The van der Waals surface area contributed by atoms with Gasteiger partial charge in [0.1, 0.15) is 0 Å². The summed E-state index contributed by atoms with van der Waals surface area (Å²) in [6.45, 7) is 1.09. The van der Waals surface area contributed by atoms with Gasteiger partial charge in [-0.2, -0.15) is 4.98 Å². The van der Waals surface area contributed by atoms with E-state index in [2.05, 4.69) is 26.7 Å². The van der Waals surface area contributed by atoms with Crippen LogP contribution in [0.15, 0.2) is 4.52 Å². The molecule has 1 atom stereocenters. The Morgan fingerprint density at radius 1 is 1.75 bits per heavy atom. The summed E-state index contributed by atoms with van der Waals surface area (Å²) in [6.07, 6.45) is 7.05. The lowest BCUT2D eigenvalue weighted by Crippen LogP contribution is -2.24. The Morgan fingerprint density at radius 2 is 2.62 bits per heavy atom. The highest BCUT2D eigenvalue weighted by Gasteiger charge is 2.23. The molecule has 2 heterocycles. The number of aromatic nitrogens is 2.